The van der Waals surface area contributed by atoms with Gasteiger partial charge in [-0.2, -0.15) is 0 Å². The molecule has 9 heteroatoms. The Morgan fingerprint density at radius 3 is 2.32 bits per heavy atom. The number of ether oxygens (including phenoxy) is 1. The van der Waals surface area contributed by atoms with E-state index in [4.69, 9.17) is 4.74 Å². The first kappa shape index (κ1) is 26.2. The Balaban J connectivity index is 1.14. The molecular weight excluding hydrogens is 502 g/mol. The fourth-order valence-corrected chi connectivity index (χ4v) is 6.88. The lowest BCUT2D eigenvalue weighted by atomic mass is 10.1. The molecule has 0 N–H and O–H groups in total. The van der Waals surface area contributed by atoms with Crippen molar-refractivity contribution in [1.82, 2.24) is 14.8 Å². The Labute approximate surface area is 223 Å². The highest BCUT2D eigenvalue weighted by Crippen LogP contribution is 2.27. The summed E-state index contributed by atoms with van der Waals surface area (Å²) >= 11 is 0. The van der Waals surface area contributed by atoms with Crippen LogP contribution in [0, 0.1) is 5.92 Å². The normalized spacial score (nSPS) is 16.6. The number of fused-ring (bicyclic) bond motifs is 1. The summed E-state index contributed by atoms with van der Waals surface area (Å²) in [7, 11) is -3.63. The summed E-state index contributed by atoms with van der Waals surface area (Å²) in [4.78, 5) is 33.3. The number of amides is 2. The molecule has 0 spiro atoms. The lowest BCUT2D eigenvalue weighted by Crippen LogP contribution is -2.50. The SMILES string of the molecule is O=C(OCCC1CCCC1)N1CCN(C(=O)c2ccc(CS(=O)(=O)c3cccc4cccnc34)cc2)CC1. The van der Waals surface area contributed by atoms with Gasteiger partial charge in [0.05, 0.1) is 22.8 Å². The van der Waals surface area contributed by atoms with E-state index in [1.807, 2.05) is 12.1 Å². The Hall–Kier alpha value is -3.46. The van der Waals surface area contributed by atoms with Crippen LogP contribution in [0.2, 0.25) is 0 Å². The van der Waals surface area contributed by atoms with E-state index in [9.17, 15) is 18.0 Å². The van der Waals surface area contributed by atoms with Crippen LogP contribution in [-0.2, 0) is 20.3 Å². The first-order valence-electron chi connectivity index (χ1n) is 13.3. The number of aromatic nitrogens is 1. The maximum atomic E-state index is 13.1. The van der Waals surface area contributed by atoms with Crippen molar-refractivity contribution >= 4 is 32.7 Å². The van der Waals surface area contributed by atoms with Gasteiger partial charge in [-0.1, -0.05) is 56.0 Å². The van der Waals surface area contributed by atoms with E-state index in [1.165, 1.54) is 25.7 Å². The highest BCUT2D eigenvalue weighted by Gasteiger charge is 2.26. The van der Waals surface area contributed by atoms with Crippen molar-refractivity contribution in [3.8, 4) is 0 Å². The molecule has 1 saturated carbocycles. The van der Waals surface area contributed by atoms with Gasteiger partial charge in [0.15, 0.2) is 9.84 Å². The number of rotatable bonds is 7. The molecule has 2 fully saturated rings. The van der Waals surface area contributed by atoms with Crippen molar-refractivity contribution in [3.05, 3.63) is 71.9 Å². The maximum absolute atomic E-state index is 13.1. The second kappa shape index (κ2) is 11.5. The summed E-state index contributed by atoms with van der Waals surface area (Å²) in [5.74, 6) is 0.365. The average Bonchev–Trinajstić information content (AvgIpc) is 3.46. The molecule has 2 amide bonds. The molecule has 8 nitrogen and oxygen atoms in total. The number of piperazine rings is 1. The molecule has 3 aromatic rings. The number of carbonyl (C=O) groups excluding carboxylic acids is 2. The van der Waals surface area contributed by atoms with Gasteiger partial charge in [0.1, 0.15) is 0 Å². The molecule has 200 valence electrons. The van der Waals surface area contributed by atoms with Crippen LogP contribution in [-0.4, -0.2) is 68.0 Å². The number of benzene rings is 2. The first-order valence-corrected chi connectivity index (χ1v) is 14.9. The molecule has 0 radical (unpaired) electrons. The lowest BCUT2D eigenvalue weighted by Gasteiger charge is -2.34. The zero-order valence-corrected chi connectivity index (χ0v) is 22.2. The number of carbonyl (C=O) groups is 2. The quantitative estimate of drug-likeness (QED) is 0.436. The maximum Gasteiger partial charge on any atom is 0.409 e. The highest BCUT2D eigenvalue weighted by atomic mass is 32.2. The summed E-state index contributed by atoms with van der Waals surface area (Å²) in [6.45, 7) is 2.19. The third-order valence-electron chi connectivity index (χ3n) is 7.54. The van der Waals surface area contributed by atoms with Crippen molar-refractivity contribution in [3.63, 3.8) is 0 Å². The third kappa shape index (κ3) is 5.99. The number of pyridine rings is 1. The van der Waals surface area contributed by atoms with Crippen LogP contribution in [0.25, 0.3) is 10.9 Å². The van der Waals surface area contributed by atoms with Crippen molar-refractivity contribution in [2.45, 2.75) is 42.8 Å². The van der Waals surface area contributed by atoms with E-state index in [0.29, 0.717) is 55.3 Å². The average molecular weight is 536 g/mol. The molecule has 2 aromatic carbocycles. The minimum atomic E-state index is -3.63. The van der Waals surface area contributed by atoms with Crippen LogP contribution < -0.4 is 0 Å². The summed E-state index contributed by atoms with van der Waals surface area (Å²) < 4.78 is 31.7. The molecular formula is C29H33N3O5S. The molecule has 1 aromatic heterocycles. The fourth-order valence-electron chi connectivity index (χ4n) is 5.35. The number of sulfone groups is 1. The number of hydrogen-bond acceptors (Lipinski definition) is 6. The van der Waals surface area contributed by atoms with Crippen molar-refractivity contribution in [2.24, 2.45) is 5.92 Å². The van der Waals surface area contributed by atoms with Crippen LogP contribution in [0.15, 0.2) is 65.7 Å². The van der Waals surface area contributed by atoms with E-state index < -0.39 is 9.84 Å². The topological polar surface area (TPSA) is 96.9 Å². The van der Waals surface area contributed by atoms with Gasteiger partial charge >= 0.3 is 6.09 Å². The summed E-state index contributed by atoms with van der Waals surface area (Å²) in [5, 5.41) is 0.770. The Bertz CT molecular complexity index is 1390. The van der Waals surface area contributed by atoms with Crippen molar-refractivity contribution < 1.29 is 22.7 Å². The van der Waals surface area contributed by atoms with Crippen molar-refractivity contribution in [1.29, 1.82) is 0 Å². The zero-order valence-electron chi connectivity index (χ0n) is 21.4. The molecule has 0 unspecified atom stereocenters. The minimum Gasteiger partial charge on any atom is -0.449 e. The summed E-state index contributed by atoms with van der Waals surface area (Å²) in [6, 6.07) is 15.4. The van der Waals surface area contributed by atoms with Crippen LogP contribution in [0.1, 0.15) is 48.0 Å². The molecule has 0 bridgehead atoms. The molecule has 5 rings (SSSR count). The van der Waals surface area contributed by atoms with Gasteiger partial charge in [-0.15, -0.1) is 0 Å². The van der Waals surface area contributed by atoms with E-state index in [2.05, 4.69) is 4.98 Å². The molecule has 38 heavy (non-hydrogen) atoms. The molecule has 2 aliphatic rings. The number of hydrogen-bond donors (Lipinski definition) is 0. The summed E-state index contributed by atoms with van der Waals surface area (Å²) in [6.07, 6.45) is 7.23. The van der Waals surface area contributed by atoms with Gasteiger partial charge in [-0.05, 0) is 42.2 Å². The second-order valence-corrected chi connectivity index (χ2v) is 12.1. The molecule has 1 aliphatic heterocycles. The monoisotopic (exact) mass is 535 g/mol. The fraction of sp³-hybridized carbons (Fsp3) is 0.414. The molecule has 1 aliphatic carbocycles. The molecule has 0 atom stereocenters. The van der Waals surface area contributed by atoms with E-state index in [1.54, 1.807) is 58.5 Å². The lowest BCUT2D eigenvalue weighted by molar-refractivity contribution is 0.0548. The Kier molecular flexibility index (Phi) is 7.93. The Morgan fingerprint density at radius 2 is 1.58 bits per heavy atom. The van der Waals surface area contributed by atoms with E-state index in [-0.39, 0.29) is 22.6 Å². The first-order chi connectivity index (χ1) is 18.4. The van der Waals surface area contributed by atoms with Crippen molar-refractivity contribution in [2.75, 3.05) is 32.8 Å². The Morgan fingerprint density at radius 1 is 0.895 bits per heavy atom. The standard InChI is InChI=1S/C29H33N3O5S/c33-28(31-16-18-32(19-17-31)29(34)37-20-14-22-5-1-2-6-22)25-12-10-23(11-13-25)21-38(35,36)26-9-3-7-24-8-4-15-30-27(24)26/h3-4,7-13,15,22H,1-2,5-6,14,16-21H2. The van der Waals surface area contributed by atoms with Gasteiger partial charge in [0.2, 0.25) is 0 Å². The van der Waals surface area contributed by atoms with Gasteiger partial charge in [0, 0.05) is 43.3 Å². The van der Waals surface area contributed by atoms with Crippen LogP contribution >= 0.6 is 0 Å². The highest BCUT2D eigenvalue weighted by molar-refractivity contribution is 7.90. The molecule has 1 saturated heterocycles. The minimum absolute atomic E-state index is 0.132. The number of nitrogens with zero attached hydrogens (tertiary/aromatic N) is 3. The predicted molar refractivity (Wildman–Crippen MR) is 144 cm³/mol. The van der Waals surface area contributed by atoms with Gasteiger partial charge < -0.3 is 14.5 Å². The molecule has 2 heterocycles. The van der Waals surface area contributed by atoms with Crippen LogP contribution in [0.5, 0.6) is 0 Å². The predicted octanol–water partition coefficient (Wildman–Crippen LogP) is 4.68. The zero-order chi connectivity index (χ0) is 26.5. The second-order valence-electron chi connectivity index (χ2n) is 10.1. The largest absolute Gasteiger partial charge is 0.449 e. The van der Waals surface area contributed by atoms with Gasteiger partial charge in [-0.3, -0.25) is 9.78 Å². The van der Waals surface area contributed by atoms with Crippen LogP contribution in [0.3, 0.4) is 0 Å². The van der Waals surface area contributed by atoms with Gasteiger partial charge in [-0.25, -0.2) is 13.2 Å². The van der Waals surface area contributed by atoms with Crippen LogP contribution in [0.4, 0.5) is 4.79 Å². The smallest absolute Gasteiger partial charge is 0.409 e. The van der Waals surface area contributed by atoms with Gasteiger partial charge in [0.25, 0.3) is 5.91 Å². The van der Waals surface area contributed by atoms with E-state index >= 15 is 0 Å². The third-order valence-corrected chi connectivity index (χ3v) is 9.25. The number of para-hydroxylation sites is 1. The summed E-state index contributed by atoms with van der Waals surface area (Å²) in [5.41, 5.74) is 1.55. The van der Waals surface area contributed by atoms with E-state index in [0.717, 1.165) is 11.8 Å².